The molecular weight excluding hydrogens is 323 g/mol. The first-order valence-electron chi connectivity index (χ1n) is 7.25. The van der Waals surface area contributed by atoms with Crippen molar-refractivity contribution in [1.29, 1.82) is 0 Å². The highest BCUT2D eigenvalue weighted by Crippen LogP contribution is 2.28. The molecule has 22 heavy (non-hydrogen) atoms. The van der Waals surface area contributed by atoms with Gasteiger partial charge in [-0.25, -0.2) is 4.98 Å². The van der Waals surface area contributed by atoms with Crippen LogP contribution >= 0.6 is 23.2 Å². The Kier molecular flexibility index (Phi) is 4.41. The lowest BCUT2D eigenvalue weighted by Crippen LogP contribution is -2.38. The molecule has 1 saturated heterocycles. The fraction of sp³-hybridized carbons (Fsp3) is 0.375. The number of carbonyl (C=O) groups is 1. The van der Waals surface area contributed by atoms with Crippen LogP contribution in [0.2, 0.25) is 10.0 Å². The minimum absolute atomic E-state index is 0.0815. The number of piperidine rings is 1. The van der Waals surface area contributed by atoms with E-state index in [0.717, 1.165) is 25.9 Å². The van der Waals surface area contributed by atoms with E-state index in [0.29, 0.717) is 33.1 Å². The first kappa shape index (κ1) is 15.4. The second kappa shape index (κ2) is 6.31. The molecule has 0 saturated carbocycles. The average Bonchev–Trinajstić information content (AvgIpc) is 3.00. The molecule has 0 atom stereocenters. The van der Waals surface area contributed by atoms with E-state index in [2.05, 4.69) is 11.9 Å². The maximum absolute atomic E-state index is 12.4. The van der Waals surface area contributed by atoms with E-state index in [-0.39, 0.29) is 5.91 Å². The van der Waals surface area contributed by atoms with Gasteiger partial charge in [0.15, 0.2) is 5.69 Å². The second-order valence-corrected chi connectivity index (χ2v) is 6.46. The molecule has 0 aliphatic carbocycles. The van der Waals surface area contributed by atoms with Crippen molar-refractivity contribution in [1.82, 2.24) is 9.88 Å². The molecule has 1 amide bonds. The highest BCUT2D eigenvalue weighted by molar-refractivity contribution is 6.42. The summed E-state index contributed by atoms with van der Waals surface area (Å²) in [6, 6.07) is 5.11. The summed E-state index contributed by atoms with van der Waals surface area (Å²) in [5, 5.41) is 0.894. The third-order valence-corrected chi connectivity index (χ3v) is 4.70. The maximum Gasteiger partial charge on any atom is 0.275 e. The molecule has 3 rings (SSSR count). The highest BCUT2D eigenvalue weighted by Gasteiger charge is 2.24. The van der Waals surface area contributed by atoms with Gasteiger partial charge in [0.2, 0.25) is 5.89 Å². The van der Waals surface area contributed by atoms with E-state index in [1.165, 1.54) is 6.26 Å². The van der Waals surface area contributed by atoms with Crippen LogP contribution in [-0.4, -0.2) is 28.9 Å². The first-order valence-corrected chi connectivity index (χ1v) is 8.00. The van der Waals surface area contributed by atoms with Crippen molar-refractivity contribution in [2.75, 3.05) is 13.1 Å². The second-order valence-electron chi connectivity index (χ2n) is 5.64. The van der Waals surface area contributed by atoms with Gasteiger partial charge in [-0.15, -0.1) is 0 Å². The summed E-state index contributed by atoms with van der Waals surface area (Å²) in [5.74, 6) is 0.961. The van der Waals surface area contributed by atoms with Crippen molar-refractivity contribution in [2.24, 2.45) is 5.92 Å². The van der Waals surface area contributed by atoms with Crippen LogP contribution in [0, 0.1) is 5.92 Å². The molecule has 0 spiro atoms. The number of carbonyl (C=O) groups excluding carboxylic acids is 1. The Bertz CT molecular complexity index is 691. The Hall–Kier alpha value is -1.52. The molecule has 0 unspecified atom stereocenters. The third kappa shape index (κ3) is 3.13. The van der Waals surface area contributed by atoms with Gasteiger partial charge < -0.3 is 9.32 Å². The number of rotatable bonds is 2. The van der Waals surface area contributed by atoms with E-state index in [1.54, 1.807) is 18.2 Å². The van der Waals surface area contributed by atoms with Crippen LogP contribution < -0.4 is 0 Å². The number of benzene rings is 1. The number of aromatic nitrogens is 1. The molecule has 1 aromatic carbocycles. The van der Waals surface area contributed by atoms with Gasteiger partial charge in [0.05, 0.1) is 10.0 Å². The fourth-order valence-corrected chi connectivity index (χ4v) is 2.81. The molecular formula is C16H16Cl2N2O2. The quantitative estimate of drug-likeness (QED) is 0.808. The number of hydrogen-bond donors (Lipinski definition) is 0. The van der Waals surface area contributed by atoms with Crippen LogP contribution in [-0.2, 0) is 0 Å². The zero-order valence-corrected chi connectivity index (χ0v) is 13.7. The smallest absolute Gasteiger partial charge is 0.275 e. The lowest BCUT2D eigenvalue weighted by atomic mass is 9.99. The third-order valence-electron chi connectivity index (χ3n) is 3.96. The van der Waals surface area contributed by atoms with Crippen molar-refractivity contribution >= 4 is 29.1 Å². The van der Waals surface area contributed by atoms with Crippen LogP contribution in [0.15, 0.2) is 28.9 Å². The summed E-state index contributed by atoms with van der Waals surface area (Å²) in [6.45, 7) is 3.75. The molecule has 0 radical (unpaired) electrons. The minimum Gasteiger partial charge on any atom is -0.444 e. The van der Waals surface area contributed by atoms with E-state index >= 15 is 0 Å². The largest absolute Gasteiger partial charge is 0.444 e. The van der Waals surface area contributed by atoms with Crippen molar-refractivity contribution in [3.63, 3.8) is 0 Å². The van der Waals surface area contributed by atoms with Crippen molar-refractivity contribution in [3.8, 4) is 11.5 Å². The Morgan fingerprint density at radius 3 is 2.68 bits per heavy atom. The average molecular weight is 339 g/mol. The van der Waals surface area contributed by atoms with E-state index < -0.39 is 0 Å². The van der Waals surface area contributed by atoms with Crippen molar-refractivity contribution in [2.45, 2.75) is 19.8 Å². The van der Waals surface area contributed by atoms with Gasteiger partial charge in [-0.05, 0) is 37.0 Å². The first-order chi connectivity index (χ1) is 10.5. The summed E-state index contributed by atoms with van der Waals surface area (Å²) < 4.78 is 5.42. The number of oxazole rings is 1. The monoisotopic (exact) mass is 338 g/mol. The van der Waals surface area contributed by atoms with Crippen LogP contribution in [0.3, 0.4) is 0 Å². The molecule has 1 fully saturated rings. The molecule has 116 valence electrons. The highest BCUT2D eigenvalue weighted by atomic mass is 35.5. The molecule has 4 nitrogen and oxygen atoms in total. The molecule has 2 aromatic rings. The molecule has 6 heteroatoms. The zero-order chi connectivity index (χ0) is 15.7. The lowest BCUT2D eigenvalue weighted by Gasteiger charge is -2.29. The van der Waals surface area contributed by atoms with Crippen LogP contribution in [0.1, 0.15) is 30.3 Å². The summed E-state index contributed by atoms with van der Waals surface area (Å²) in [6.07, 6.45) is 3.46. The number of nitrogens with zero attached hydrogens (tertiary/aromatic N) is 2. The molecule has 2 heterocycles. The fourth-order valence-electron chi connectivity index (χ4n) is 2.51. The van der Waals surface area contributed by atoms with Gasteiger partial charge in [0, 0.05) is 18.7 Å². The van der Waals surface area contributed by atoms with Gasteiger partial charge in [0.25, 0.3) is 5.91 Å². The predicted octanol–water partition coefficient (Wildman–Crippen LogP) is 4.52. The number of likely N-dealkylation sites (tertiary alicyclic amines) is 1. The maximum atomic E-state index is 12.4. The van der Waals surface area contributed by atoms with E-state index in [4.69, 9.17) is 27.6 Å². The minimum atomic E-state index is -0.0815. The Balaban J connectivity index is 1.78. The van der Waals surface area contributed by atoms with Crippen LogP contribution in [0.5, 0.6) is 0 Å². The van der Waals surface area contributed by atoms with Crippen molar-refractivity contribution in [3.05, 3.63) is 40.2 Å². The van der Waals surface area contributed by atoms with E-state index in [9.17, 15) is 4.79 Å². The Labute approximate surface area is 139 Å². The summed E-state index contributed by atoms with van der Waals surface area (Å²) in [5.41, 5.74) is 1.02. The van der Waals surface area contributed by atoms with Gasteiger partial charge in [-0.2, -0.15) is 0 Å². The molecule has 1 aliphatic rings. The molecule has 1 aromatic heterocycles. The van der Waals surface area contributed by atoms with Gasteiger partial charge in [0.1, 0.15) is 6.26 Å². The van der Waals surface area contributed by atoms with Crippen LogP contribution in [0.4, 0.5) is 0 Å². The number of hydrogen-bond acceptors (Lipinski definition) is 3. The Morgan fingerprint density at radius 2 is 2.00 bits per heavy atom. The Morgan fingerprint density at radius 1 is 1.27 bits per heavy atom. The summed E-state index contributed by atoms with van der Waals surface area (Å²) >= 11 is 11.9. The lowest BCUT2D eigenvalue weighted by molar-refractivity contribution is 0.0691. The molecule has 0 bridgehead atoms. The summed E-state index contributed by atoms with van der Waals surface area (Å²) in [4.78, 5) is 18.5. The number of halogens is 2. The van der Waals surface area contributed by atoms with Crippen LogP contribution in [0.25, 0.3) is 11.5 Å². The van der Waals surface area contributed by atoms with Gasteiger partial charge >= 0.3 is 0 Å². The SMILES string of the molecule is CC1CCN(C(=O)c2coc(-c3ccc(Cl)c(Cl)c3)n2)CC1. The predicted molar refractivity (Wildman–Crippen MR) is 86.3 cm³/mol. The topological polar surface area (TPSA) is 46.3 Å². The normalized spacial score (nSPS) is 16.0. The molecule has 0 N–H and O–H groups in total. The van der Waals surface area contributed by atoms with E-state index in [1.807, 2.05) is 4.90 Å². The van der Waals surface area contributed by atoms with Crippen molar-refractivity contribution < 1.29 is 9.21 Å². The van der Waals surface area contributed by atoms with Gasteiger partial charge in [-0.3, -0.25) is 4.79 Å². The van der Waals surface area contributed by atoms with Gasteiger partial charge in [-0.1, -0.05) is 30.1 Å². The molecule has 1 aliphatic heterocycles. The zero-order valence-electron chi connectivity index (χ0n) is 12.2. The standard InChI is InChI=1S/C16H16Cl2N2O2/c1-10-4-6-20(7-5-10)16(21)14-9-22-15(19-14)11-2-3-12(17)13(18)8-11/h2-3,8-10H,4-7H2,1H3. The number of amides is 1. The summed E-state index contributed by atoms with van der Waals surface area (Å²) in [7, 11) is 0.